The first-order chi connectivity index (χ1) is 13.0. The van der Waals surface area contributed by atoms with Crippen LogP contribution in [0.2, 0.25) is 0 Å². The number of nitrogens with two attached hydrogens (primary N) is 2. The van der Waals surface area contributed by atoms with Crippen LogP contribution in [0.25, 0.3) is 0 Å². The van der Waals surface area contributed by atoms with Crippen molar-refractivity contribution in [3.8, 4) is 0 Å². The molecule has 0 aromatic heterocycles. The van der Waals surface area contributed by atoms with E-state index in [1.807, 2.05) is 30.3 Å². The minimum Gasteiger partial charge on any atom is -0.480 e. The number of aliphatic carboxylic acids is 1. The van der Waals surface area contributed by atoms with E-state index in [1.54, 1.807) is 0 Å². The highest BCUT2D eigenvalue weighted by Gasteiger charge is 2.47. The average Bonchev–Trinajstić information content (AvgIpc) is 2.68. The van der Waals surface area contributed by atoms with Gasteiger partial charge in [0.05, 0.1) is 6.04 Å². The molecule has 6 N–H and O–H groups in total. The number of carbonyl (C=O) groups is 3. The van der Waals surface area contributed by atoms with Crippen molar-refractivity contribution in [2.24, 2.45) is 16.9 Å². The SMILES string of the molecule is NC=CCC(CCCCN)(C(=O)O)C(=O)C(CC=O)NCc1ccccc1. The standard InChI is InChI=1S/C20H29N3O4/c21-12-5-4-10-20(19(26)27,11-6-13-22)18(25)17(9-14-24)23-15-16-7-2-1-3-8-16/h1-3,6-8,13-14,17,23H,4-5,9-12,15,21-22H2,(H,26,27). The predicted molar refractivity (Wildman–Crippen MR) is 104 cm³/mol. The molecular formula is C20H29N3O4. The summed E-state index contributed by atoms with van der Waals surface area (Å²) in [4.78, 5) is 36.4. The largest absolute Gasteiger partial charge is 0.480 e. The van der Waals surface area contributed by atoms with E-state index >= 15 is 0 Å². The number of carbonyl (C=O) groups excluding carboxylic acids is 2. The van der Waals surface area contributed by atoms with Gasteiger partial charge in [-0.2, -0.15) is 0 Å². The van der Waals surface area contributed by atoms with Crippen LogP contribution in [0.1, 0.15) is 37.7 Å². The molecule has 1 aromatic carbocycles. The van der Waals surface area contributed by atoms with Crippen molar-refractivity contribution < 1.29 is 19.5 Å². The summed E-state index contributed by atoms with van der Waals surface area (Å²) in [5.74, 6) is -1.71. The topological polar surface area (TPSA) is 136 Å². The van der Waals surface area contributed by atoms with Gasteiger partial charge in [-0.05, 0) is 37.6 Å². The molecule has 0 aliphatic heterocycles. The summed E-state index contributed by atoms with van der Waals surface area (Å²) >= 11 is 0. The maximum Gasteiger partial charge on any atom is 0.317 e. The third-order valence-corrected chi connectivity index (χ3v) is 4.58. The van der Waals surface area contributed by atoms with E-state index < -0.39 is 23.2 Å². The lowest BCUT2D eigenvalue weighted by molar-refractivity contribution is -0.156. The van der Waals surface area contributed by atoms with Gasteiger partial charge in [-0.25, -0.2) is 0 Å². The fourth-order valence-corrected chi connectivity index (χ4v) is 3.02. The molecule has 0 aliphatic rings. The van der Waals surface area contributed by atoms with E-state index in [2.05, 4.69) is 5.32 Å². The van der Waals surface area contributed by atoms with Gasteiger partial charge in [0.2, 0.25) is 0 Å². The maximum absolute atomic E-state index is 13.2. The Hall–Kier alpha value is -2.51. The van der Waals surface area contributed by atoms with Gasteiger partial charge in [-0.3, -0.25) is 9.59 Å². The normalized spacial score (nSPS) is 14.6. The van der Waals surface area contributed by atoms with Crippen molar-refractivity contribution in [1.82, 2.24) is 5.32 Å². The van der Waals surface area contributed by atoms with E-state index in [-0.39, 0.29) is 19.3 Å². The molecule has 0 spiro atoms. The number of allylic oxidation sites excluding steroid dienone is 1. The molecule has 7 heteroatoms. The molecular weight excluding hydrogens is 346 g/mol. The van der Waals surface area contributed by atoms with Crippen LogP contribution in [0.15, 0.2) is 42.6 Å². The van der Waals surface area contributed by atoms with Crippen LogP contribution < -0.4 is 16.8 Å². The van der Waals surface area contributed by atoms with Crippen molar-refractivity contribution in [3.05, 3.63) is 48.2 Å². The molecule has 2 atom stereocenters. The molecule has 7 nitrogen and oxygen atoms in total. The Morgan fingerprint density at radius 3 is 2.48 bits per heavy atom. The number of hydrogen-bond acceptors (Lipinski definition) is 6. The van der Waals surface area contributed by atoms with Gasteiger partial charge in [0.1, 0.15) is 11.7 Å². The first-order valence-electron chi connectivity index (χ1n) is 9.07. The molecule has 0 heterocycles. The Morgan fingerprint density at radius 1 is 1.22 bits per heavy atom. The van der Waals surface area contributed by atoms with E-state index in [9.17, 15) is 19.5 Å². The van der Waals surface area contributed by atoms with E-state index in [1.165, 1.54) is 12.3 Å². The molecule has 1 aromatic rings. The number of nitrogens with one attached hydrogen (secondary N) is 1. The number of unbranched alkanes of at least 4 members (excludes halogenated alkanes) is 1. The van der Waals surface area contributed by atoms with Crippen LogP contribution in [0.5, 0.6) is 0 Å². The number of aldehydes is 1. The molecule has 1 rings (SSSR count). The smallest absolute Gasteiger partial charge is 0.317 e. The van der Waals surface area contributed by atoms with Crippen LogP contribution in [-0.2, 0) is 20.9 Å². The third kappa shape index (κ3) is 6.62. The van der Waals surface area contributed by atoms with Crippen LogP contribution in [0.3, 0.4) is 0 Å². The van der Waals surface area contributed by atoms with Crippen molar-refractivity contribution in [3.63, 3.8) is 0 Å². The number of carboxylic acids is 1. The second-order valence-corrected chi connectivity index (χ2v) is 6.45. The van der Waals surface area contributed by atoms with Crippen molar-refractivity contribution in [2.45, 2.75) is 44.7 Å². The molecule has 0 fully saturated rings. The van der Waals surface area contributed by atoms with E-state index in [0.717, 1.165) is 5.56 Å². The Balaban J connectivity index is 3.06. The van der Waals surface area contributed by atoms with Crippen molar-refractivity contribution in [1.29, 1.82) is 0 Å². The number of rotatable bonds is 14. The second-order valence-electron chi connectivity index (χ2n) is 6.45. The lowest BCUT2D eigenvalue weighted by atomic mass is 9.73. The van der Waals surface area contributed by atoms with Gasteiger partial charge in [0, 0.05) is 13.0 Å². The van der Waals surface area contributed by atoms with Crippen LogP contribution in [-0.4, -0.2) is 35.7 Å². The first kappa shape index (κ1) is 22.5. The Bertz CT molecular complexity index is 633. The zero-order chi connectivity index (χ0) is 20.1. The molecule has 0 saturated carbocycles. The Kier molecular flexibility index (Phi) is 10.00. The van der Waals surface area contributed by atoms with Gasteiger partial charge >= 0.3 is 5.97 Å². The van der Waals surface area contributed by atoms with Gasteiger partial charge < -0.3 is 26.7 Å². The lowest BCUT2D eigenvalue weighted by Crippen LogP contribution is -2.50. The zero-order valence-electron chi connectivity index (χ0n) is 15.5. The summed E-state index contributed by atoms with van der Waals surface area (Å²) in [5, 5.41) is 12.9. The molecule has 0 aliphatic carbocycles. The van der Waals surface area contributed by atoms with E-state index in [4.69, 9.17) is 11.5 Å². The highest BCUT2D eigenvalue weighted by atomic mass is 16.4. The summed E-state index contributed by atoms with van der Waals surface area (Å²) in [7, 11) is 0. The Morgan fingerprint density at radius 2 is 1.93 bits per heavy atom. The number of benzene rings is 1. The van der Waals surface area contributed by atoms with Crippen molar-refractivity contribution in [2.75, 3.05) is 6.54 Å². The van der Waals surface area contributed by atoms with Crippen LogP contribution in [0.4, 0.5) is 0 Å². The van der Waals surface area contributed by atoms with Crippen molar-refractivity contribution >= 4 is 18.0 Å². The summed E-state index contributed by atoms with van der Waals surface area (Å²) in [6.45, 7) is 0.775. The minimum absolute atomic E-state index is 0.0232. The quantitative estimate of drug-likeness (QED) is 0.219. The average molecular weight is 375 g/mol. The zero-order valence-corrected chi connectivity index (χ0v) is 15.5. The van der Waals surface area contributed by atoms with E-state index in [0.29, 0.717) is 32.2 Å². The predicted octanol–water partition coefficient (Wildman–Crippen LogP) is 1.37. The number of hydrogen-bond donors (Lipinski definition) is 4. The molecule has 0 radical (unpaired) electrons. The minimum atomic E-state index is -1.64. The summed E-state index contributed by atoms with van der Waals surface area (Å²) < 4.78 is 0. The fraction of sp³-hybridized carbons (Fsp3) is 0.450. The monoisotopic (exact) mass is 375 g/mol. The fourth-order valence-electron chi connectivity index (χ4n) is 3.02. The molecule has 0 saturated heterocycles. The number of carboxylic acid groups (broad SMARTS) is 1. The molecule has 148 valence electrons. The Labute approximate surface area is 159 Å². The summed E-state index contributed by atoms with van der Waals surface area (Å²) in [6, 6.07) is 8.50. The number of Topliss-reactive ketones (excluding diaryl/α,β-unsaturated/α-hetero) is 1. The molecule has 2 unspecified atom stereocenters. The number of ketones is 1. The van der Waals surface area contributed by atoms with Gasteiger partial charge in [0.25, 0.3) is 0 Å². The van der Waals surface area contributed by atoms with Gasteiger partial charge in [-0.15, -0.1) is 0 Å². The molecule has 27 heavy (non-hydrogen) atoms. The van der Waals surface area contributed by atoms with Gasteiger partial charge in [0.15, 0.2) is 5.78 Å². The summed E-state index contributed by atoms with van der Waals surface area (Å²) in [5.41, 5.74) is 10.2. The highest BCUT2D eigenvalue weighted by Crippen LogP contribution is 2.33. The van der Waals surface area contributed by atoms with Crippen LogP contribution in [0, 0.1) is 5.41 Å². The molecule has 0 bridgehead atoms. The highest BCUT2D eigenvalue weighted by molar-refractivity contribution is 6.06. The van der Waals surface area contributed by atoms with Crippen LogP contribution >= 0.6 is 0 Å². The molecule has 0 amide bonds. The maximum atomic E-state index is 13.2. The lowest BCUT2D eigenvalue weighted by Gasteiger charge is -2.31. The van der Waals surface area contributed by atoms with Gasteiger partial charge in [-0.1, -0.05) is 42.8 Å². The first-order valence-corrected chi connectivity index (χ1v) is 9.07. The second kappa shape index (κ2) is 12.0. The summed E-state index contributed by atoms with van der Waals surface area (Å²) in [6.07, 6.45) is 4.49. The third-order valence-electron chi connectivity index (χ3n) is 4.58.